The number of rotatable bonds is 5. The topological polar surface area (TPSA) is 46.3 Å². The molecule has 1 aromatic rings. The molecule has 0 saturated heterocycles. The molecule has 0 atom stereocenters. The molecule has 0 heterocycles. The number of carbonyl (C=O) groups is 1. The van der Waals surface area contributed by atoms with Crippen molar-refractivity contribution in [2.45, 2.75) is 32.9 Å². The van der Waals surface area contributed by atoms with Crippen LogP contribution in [0, 0.1) is 12.7 Å². The number of nitrogens with zero attached hydrogens (tertiary/aromatic N) is 1. The first-order chi connectivity index (χ1) is 9.65. The smallest absolute Gasteiger partial charge is 0.399 e. The van der Waals surface area contributed by atoms with Crippen molar-refractivity contribution < 1.29 is 22.4 Å². The molecule has 0 radical (unpaired) electrons. The Balaban J connectivity index is 3.10. The van der Waals surface area contributed by atoms with Crippen LogP contribution in [0.5, 0.6) is 0 Å². The molecule has 0 bridgehead atoms. The summed E-state index contributed by atoms with van der Waals surface area (Å²) in [5.74, 6) is -1.83. The molecule has 0 aliphatic carbocycles. The zero-order valence-electron chi connectivity index (χ0n) is 11.9. The monoisotopic (exact) mass is 306 g/mol. The van der Waals surface area contributed by atoms with E-state index in [2.05, 4.69) is 0 Å². The van der Waals surface area contributed by atoms with Gasteiger partial charge in [-0.15, -0.1) is 0 Å². The Morgan fingerprint density at radius 3 is 2.48 bits per heavy atom. The molecule has 1 amide bonds. The van der Waals surface area contributed by atoms with Gasteiger partial charge in [0.25, 0.3) is 5.91 Å². The molecule has 0 fully saturated rings. The fourth-order valence-corrected chi connectivity index (χ4v) is 1.94. The first kappa shape index (κ1) is 17.3. The molecule has 7 heteroatoms. The van der Waals surface area contributed by atoms with Crippen LogP contribution < -0.4 is 5.73 Å². The second kappa shape index (κ2) is 6.78. The fraction of sp³-hybridized carbons (Fsp3) is 0.500. The molecule has 0 spiro atoms. The number of carbonyl (C=O) groups excluding carboxylic acids is 1. The van der Waals surface area contributed by atoms with Gasteiger partial charge in [0, 0.05) is 12.2 Å². The van der Waals surface area contributed by atoms with Crippen LogP contribution >= 0.6 is 0 Å². The van der Waals surface area contributed by atoms with Crippen molar-refractivity contribution in [3.8, 4) is 0 Å². The Morgan fingerprint density at radius 1 is 1.33 bits per heavy atom. The minimum atomic E-state index is -4.53. The number of amides is 1. The van der Waals surface area contributed by atoms with E-state index in [1.165, 1.54) is 13.0 Å². The van der Waals surface area contributed by atoms with E-state index in [4.69, 9.17) is 5.73 Å². The summed E-state index contributed by atoms with van der Waals surface area (Å²) in [6.45, 7) is 1.71. The molecule has 0 aromatic heterocycles. The van der Waals surface area contributed by atoms with E-state index in [1.807, 2.05) is 0 Å². The maximum Gasteiger partial charge on any atom is 0.406 e. The van der Waals surface area contributed by atoms with Crippen LogP contribution in [0.4, 0.5) is 23.2 Å². The molecule has 1 aromatic carbocycles. The minimum Gasteiger partial charge on any atom is -0.399 e. The van der Waals surface area contributed by atoms with E-state index >= 15 is 0 Å². The maximum absolute atomic E-state index is 14.0. The summed E-state index contributed by atoms with van der Waals surface area (Å²) < 4.78 is 51.6. The first-order valence-electron chi connectivity index (χ1n) is 6.57. The number of anilines is 1. The average Bonchev–Trinajstić information content (AvgIpc) is 2.36. The number of nitrogen functional groups attached to an aromatic ring is 1. The molecule has 0 aliphatic rings. The number of nitrogens with two attached hydrogens (primary N) is 1. The average molecular weight is 306 g/mol. The summed E-state index contributed by atoms with van der Waals surface area (Å²) >= 11 is 0. The van der Waals surface area contributed by atoms with Crippen molar-refractivity contribution in [3.05, 3.63) is 29.1 Å². The van der Waals surface area contributed by atoms with Crippen molar-refractivity contribution in [1.82, 2.24) is 4.90 Å². The lowest BCUT2D eigenvalue weighted by Crippen LogP contribution is -2.40. The van der Waals surface area contributed by atoms with Gasteiger partial charge in [-0.3, -0.25) is 4.79 Å². The summed E-state index contributed by atoms with van der Waals surface area (Å²) in [5, 5.41) is 0. The highest BCUT2D eigenvalue weighted by Crippen LogP contribution is 2.22. The summed E-state index contributed by atoms with van der Waals surface area (Å²) in [4.78, 5) is 12.8. The molecular formula is C14H18F4N2O. The van der Waals surface area contributed by atoms with Gasteiger partial charge in [0.2, 0.25) is 0 Å². The molecule has 0 aliphatic heterocycles. The lowest BCUT2D eigenvalue weighted by molar-refractivity contribution is -0.140. The molecule has 1 rings (SSSR count). The molecule has 21 heavy (non-hydrogen) atoms. The SMILES string of the molecule is CCCCN(CC(F)(F)F)C(=O)c1cc(N)cc(C)c1F. The molecule has 0 unspecified atom stereocenters. The molecular weight excluding hydrogens is 288 g/mol. The van der Waals surface area contributed by atoms with Gasteiger partial charge in [0.15, 0.2) is 0 Å². The lowest BCUT2D eigenvalue weighted by Gasteiger charge is -2.24. The predicted molar refractivity (Wildman–Crippen MR) is 72.4 cm³/mol. The van der Waals surface area contributed by atoms with E-state index < -0.39 is 30.0 Å². The summed E-state index contributed by atoms with van der Waals surface area (Å²) in [5.41, 5.74) is 5.38. The maximum atomic E-state index is 14.0. The fourth-order valence-electron chi connectivity index (χ4n) is 1.94. The summed E-state index contributed by atoms with van der Waals surface area (Å²) in [6, 6.07) is 2.40. The number of aryl methyl sites for hydroxylation is 1. The van der Waals surface area contributed by atoms with Crippen LogP contribution in [0.15, 0.2) is 12.1 Å². The minimum absolute atomic E-state index is 0.0812. The van der Waals surface area contributed by atoms with Crippen molar-refractivity contribution in [2.24, 2.45) is 0 Å². The van der Waals surface area contributed by atoms with Crippen LogP contribution in [0.2, 0.25) is 0 Å². The Bertz CT molecular complexity index is 514. The molecule has 0 saturated carbocycles. The van der Waals surface area contributed by atoms with Gasteiger partial charge >= 0.3 is 6.18 Å². The van der Waals surface area contributed by atoms with E-state index in [-0.39, 0.29) is 17.8 Å². The quantitative estimate of drug-likeness (QED) is 0.668. The van der Waals surface area contributed by atoms with Gasteiger partial charge in [0.1, 0.15) is 12.4 Å². The van der Waals surface area contributed by atoms with E-state index in [9.17, 15) is 22.4 Å². The zero-order chi connectivity index (χ0) is 16.2. The first-order valence-corrected chi connectivity index (χ1v) is 6.57. The van der Waals surface area contributed by atoms with Crippen LogP contribution in [0.1, 0.15) is 35.7 Å². The van der Waals surface area contributed by atoms with Crippen LogP contribution in [-0.4, -0.2) is 30.1 Å². The van der Waals surface area contributed by atoms with Crippen LogP contribution in [-0.2, 0) is 0 Å². The highest BCUT2D eigenvalue weighted by Gasteiger charge is 2.34. The van der Waals surface area contributed by atoms with Gasteiger partial charge in [0.05, 0.1) is 5.56 Å². The van der Waals surface area contributed by atoms with Gasteiger partial charge in [-0.1, -0.05) is 13.3 Å². The van der Waals surface area contributed by atoms with Crippen molar-refractivity contribution in [3.63, 3.8) is 0 Å². The number of halogens is 4. The third kappa shape index (κ3) is 4.91. The lowest BCUT2D eigenvalue weighted by atomic mass is 10.1. The number of benzene rings is 1. The number of hydrogen-bond donors (Lipinski definition) is 1. The Kier molecular flexibility index (Phi) is 5.57. The highest BCUT2D eigenvalue weighted by molar-refractivity contribution is 5.95. The van der Waals surface area contributed by atoms with E-state index in [0.29, 0.717) is 17.7 Å². The third-order valence-electron chi connectivity index (χ3n) is 2.95. The number of hydrogen-bond acceptors (Lipinski definition) is 2. The van der Waals surface area contributed by atoms with Crippen molar-refractivity contribution in [2.75, 3.05) is 18.8 Å². The number of unbranched alkanes of at least 4 members (excludes halogenated alkanes) is 1. The molecule has 2 N–H and O–H groups in total. The Labute approximate surface area is 120 Å². The highest BCUT2D eigenvalue weighted by atomic mass is 19.4. The normalized spacial score (nSPS) is 11.5. The van der Waals surface area contributed by atoms with Crippen molar-refractivity contribution in [1.29, 1.82) is 0 Å². The van der Waals surface area contributed by atoms with Crippen molar-refractivity contribution >= 4 is 11.6 Å². The summed E-state index contributed by atoms with van der Waals surface area (Å²) in [6.07, 6.45) is -3.50. The van der Waals surface area contributed by atoms with Gasteiger partial charge in [-0.25, -0.2) is 4.39 Å². The van der Waals surface area contributed by atoms with Crippen LogP contribution in [0.3, 0.4) is 0 Å². The third-order valence-corrected chi connectivity index (χ3v) is 2.95. The number of alkyl halides is 3. The van der Waals surface area contributed by atoms with E-state index in [0.717, 1.165) is 6.07 Å². The Morgan fingerprint density at radius 2 is 1.95 bits per heavy atom. The molecule has 3 nitrogen and oxygen atoms in total. The van der Waals surface area contributed by atoms with Gasteiger partial charge in [-0.2, -0.15) is 13.2 Å². The second-order valence-electron chi connectivity index (χ2n) is 4.89. The molecule has 118 valence electrons. The van der Waals surface area contributed by atoms with Gasteiger partial charge < -0.3 is 10.6 Å². The standard InChI is InChI=1S/C14H18F4N2O/c1-3-4-5-20(8-14(16,17)18)13(21)11-7-10(19)6-9(2)12(11)15/h6-7H,3-5,8,19H2,1-2H3. The van der Waals surface area contributed by atoms with Crippen LogP contribution in [0.25, 0.3) is 0 Å². The summed E-state index contributed by atoms with van der Waals surface area (Å²) in [7, 11) is 0. The second-order valence-corrected chi connectivity index (χ2v) is 4.89. The van der Waals surface area contributed by atoms with E-state index in [1.54, 1.807) is 6.92 Å². The largest absolute Gasteiger partial charge is 0.406 e. The van der Waals surface area contributed by atoms with Gasteiger partial charge in [-0.05, 0) is 31.0 Å². The predicted octanol–water partition coefficient (Wildman–Crippen LogP) is 3.52. The zero-order valence-corrected chi connectivity index (χ0v) is 11.9. The Hall–Kier alpha value is -1.79.